The number of aromatic nitrogens is 2. The Hall–Kier alpha value is -2.54. The molecule has 0 bridgehead atoms. The highest BCUT2D eigenvalue weighted by Gasteiger charge is 2.34. The molecule has 0 aliphatic heterocycles. The van der Waals surface area contributed by atoms with Gasteiger partial charge in [-0.15, -0.1) is 0 Å². The number of aliphatic carboxylic acids is 1. The molecule has 2 aromatic heterocycles. The number of amides is 1. The fourth-order valence-electron chi connectivity index (χ4n) is 3.13. The maximum Gasteiger partial charge on any atom is 0.317 e. The van der Waals surface area contributed by atoms with Gasteiger partial charge in [0.15, 0.2) is 0 Å². The van der Waals surface area contributed by atoms with Crippen LogP contribution < -0.4 is 5.32 Å². The molecule has 0 radical (unpaired) electrons. The van der Waals surface area contributed by atoms with Crippen molar-refractivity contribution in [1.29, 1.82) is 0 Å². The maximum absolute atomic E-state index is 12.5. The van der Waals surface area contributed by atoms with E-state index in [0.717, 1.165) is 23.7 Å². The second-order valence-corrected chi connectivity index (χ2v) is 6.00. The summed E-state index contributed by atoms with van der Waals surface area (Å²) in [5.41, 5.74) is 1.30. The van der Waals surface area contributed by atoms with Crippen LogP contribution in [0.15, 0.2) is 30.7 Å². The average molecular weight is 328 g/mol. The van der Waals surface area contributed by atoms with Crippen molar-refractivity contribution in [3.8, 4) is 0 Å². The van der Waals surface area contributed by atoms with Gasteiger partial charge in [-0.25, -0.2) is 0 Å². The van der Waals surface area contributed by atoms with Crippen LogP contribution in [-0.4, -0.2) is 57.0 Å². The van der Waals surface area contributed by atoms with Gasteiger partial charge < -0.3 is 10.4 Å². The summed E-state index contributed by atoms with van der Waals surface area (Å²) >= 11 is 0. The lowest BCUT2D eigenvalue weighted by atomic mass is 9.85. The minimum Gasteiger partial charge on any atom is -0.480 e. The predicted octanol–water partition coefficient (Wildman–Crippen LogP) is 1.30. The Morgan fingerprint density at radius 3 is 2.83 bits per heavy atom. The molecule has 7 heteroatoms. The lowest BCUT2D eigenvalue weighted by molar-refractivity contribution is -0.139. The topological polar surface area (TPSA) is 95.4 Å². The number of rotatable bonds is 6. The van der Waals surface area contributed by atoms with Crippen molar-refractivity contribution in [2.45, 2.75) is 31.8 Å². The number of carboxylic acid groups (broad SMARTS) is 1. The summed E-state index contributed by atoms with van der Waals surface area (Å²) in [6.45, 7) is 2.69. The summed E-state index contributed by atoms with van der Waals surface area (Å²) in [7, 11) is 0. The van der Waals surface area contributed by atoms with Gasteiger partial charge in [0.1, 0.15) is 0 Å². The number of nitrogens with zero attached hydrogens (tertiary/aromatic N) is 3. The zero-order chi connectivity index (χ0) is 17.1. The molecule has 0 unspecified atom stereocenters. The van der Waals surface area contributed by atoms with Crippen molar-refractivity contribution in [3.05, 3.63) is 36.3 Å². The van der Waals surface area contributed by atoms with E-state index in [1.165, 1.54) is 0 Å². The van der Waals surface area contributed by atoms with Gasteiger partial charge in [-0.05, 0) is 31.5 Å². The minimum atomic E-state index is -0.819. The largest absolute Gasteiger partial charge is 0.480 e. The first kappa shape index (κ1) is 16.3. The standard InChI is InChI=1S/C17H20N4O3/c1-2-21(10-16(22)23)12-7-11(8-12)20-17(24)13-3-6-19-15-4-5-18-9-14(13)15/h3-6,9,11-12H,2,7-8,10H2,1H3,(H,20,24)(H,22,23). The number of pyridine rings is 2. The van der Waals surface area contributed by atoms with Gasteiger partial charge in [0.25, 0.3) is 5.91 Å². The van der Waals surface area contributed by atoms with E-state index in [9.17, 15) is 9.59 Å². The average Bonchev–Trinajstić information content (AvgIpc) is 2.55. The van der Waals surface area contributed by atoms with Crippen LogP contribution in [0, 0.1) is 0 Å². The van der Waals surface area contributed by atoms with Crippen LogP contribution in [-0.2, 0) is 4.79 Å². The molecule has 0 atom stereocenters. The lowest BCUT2D eigenvalue weighted by Crippen LogP contribution is -2.54. The minimum absolute atomic E-state index is 0.0441. The molecular formula is C17H20N4O3. The quantitative estimate of drug-likeness (QED) is 0.830. The van der Waals surface area contributed by atoms with Gasteiger partial charge in [0, 0.05) is 36.1 Å². The molecule has 1 fully saturated rings. The fraction of sp³-hybridized carbons (Fsp3) is 0.412. The van der Waals surface area contributed by atoms with Gasteiger partial charge >= 0.3 is 5.97 Å². The van der Waals surface area contributed by atoms with Gasteiger partial charge in [0.2, 0.25) is 0 Å². The van der Waals surface area contributed by atoms with Crippen molar-refractivity contribution in [2.24, 2.45) is 0 Å². The number of nitrogens with one attached hydrogen (secondary N) is 1. The molecule has 24 heavy (non-hydrogen) atoms. The lowest BCUT2D eigenvalue weighted by Gasteiger charge is -2.42. The Labute approximate surface area is 139 Å². The Kier molecular flexibility index (Phi) is 4.71. The monoisotopic (exact) mass is 328 g/mol. The van der Waals surface area contributed by atoms with Crippen LogP contribution in [0.3, 0.4) is 0 Å². The van der Waals surface area contributed by atoms with Crippen LogP contribution in [0.25, 0.3) is 10.9 Å². The summed E-state index contributed by atoms with van der Waals surface area (Å²) in [4.78, 5) is 33.6. The summed E-state index contributed by atoms with van der Waals surface area (Å²) < 4.78 is 0. The molecule has 0 aromatic carbocycles. The predicted molar refractivity (Wildman–Crippen MR) is 88.7 cm³/mol. The molecule has 7 nitrogen and oxygen atoms in total. The van der Waals surface area contributed by atoms with Crippen LogP contribution in [0.5, 0.6) is 0 Å². The molecule has 0 spiro atoms. The number of hydrogen-bond donors (Lipinski definition) is 2. The van der Waals surface area contributed by atoms with E-state index in [-0.39, 0.29) is 24.5 Å². The number of fused-ring (bicyclic) bond motifs is 1. The molecule has 126 valence electrons. The first-order valence-electron chi connectivity index (χ1n) is 8.04. The Morgan fingerprint density at radius 1 is 1.33 bits per heavy atom. The number of carbonyl (C=O) groups is 2. The Balaban J connectivity index is 1.62. The highest BCUT2D eigenvalue weighted by atomic mass is 16.4. The molecule has 1 aliphatic carbocycles. The van der Waals surface area contributed by atoms with Gasteiger partial charge in [0.05, 0.1) is 17.6 Å². The van der Waals surface area contributed by atoms with E-state index in [1.54, 1.807) is 30.7 Å². The van der Waals surface area contributed by atoms with E-state index in [4.69, 9.17) is 5.11 Å². The van der Waals surface area contributed by atoms with Crippen molar-refractivity contribution in [1.82, 2.24) is 20.2 Å². The SMILES string of the molecule is CCN(CC(=O)O)C1CC(NC(=O)c2ccnc3ccncc23)C1. The first-order valence-corrected chi connectivity index (χ1v) is 8.04. The smallest absolute Gasteiger partial charge is 0.317 e. The van der Waals surface area contributed by atoms with E-state index >= 15 is 0 Å². The van der Waals surface area contributed by atoms with E-state index in [1.807, 2.05) is 11.8 Å². The maximum atomic E-state index is 12.5. The van der Waals surface area contributed by atoms with E-state index in [2.05, 4.69) is 15.3 Å². The Morgan fingerprint density at radius 2 is 2.12 bits per heavy atom. The molecule has 1 amide bonds. The Bertz CT molecular complexity index is 753. The van der Waals surface area contributed by atoms with Crippen LogP contribution in [0.1, 0.15) is 30.1 Å². The first-order chi connectivity index (χ1) is 11.6. The third-order valence-corrected chi connectivity index (χ3v) is 4.50. The summed E-state index contributed by atoms with van der Waals surface area (Å²) in [5.74, 6) is -0.958. The highest BCUT2D eigenvalue weighted by molar-refractivity contribution is 6.05. The van der Waals surface area contributed by atoms with Crippen LogP contribution in [0.4, 0.5) is 0 Å². The number of hydrogen-bond acceptors (Lipinski definition) is 5. The molecule has 0 saturated heterocycles. The number of likely N-dealkylation sites (N-methyl/N-ethyl adjacent to an activating group) is 1. The van der Waals surface area contributed by atoms with Crippen molar-refractivity contribution < 1.29 is 14.7 Å². The molecule has 1 saturated carbocycles. The second-order valence-electron chi connectivity index (χ2n) is 6.00. The van der Waals surface area contributed by atoms with Gasteiger partial charge in [-0.2, -0.15) is 0 Å². The van der Waals surface area contributed by atoms with Crippen molar-refractivity contribution in [3.63, 3.8) is 0 Å². The zero-order valence-electron chi connectivity index (χ0n) is 13.5. The molecule has 2 N–H and O–H groups in total. The second kappa shape index (κ2) is 6.92. The highest BCUT2D eigenvalue weighted by Crippen LogP contribution is 2.26. The molecular weight excluding hydrogens is 308 g/mol. The molecule has 2 heterocycles. The third kappa shape index (κ3) is 3.35. The van der Waals surface area contributed by atoms with Crippen molar-refractivity contribution in [2.75, 3.05) is 13.1 Å². The third-order valence-electron chi connectivity index (χ3n) is 4.50. The van der Waals surface area contributed by atoms with Crippen molar-refractivity contribution >= 4 is 22.8 Å². The molecule has 3 rings (SSSR count). The molecule has 2 aromatic rings. The normalized spacial score (nSPS) is 19.9. The van der Waals surface area contributed by atoms with Crippen LogP contribution >= 0.6 is 0 Å². The summed E-state index contributed by atoms with van der Waals surface area (Å²) in [5, 5.41) is 12.7. The van der Waals surface area contributed by atoms with E-state index < -0.39 is 5.97 Å². The summed E-state index contributed by atoms with van der Waals surface area (Å²) in [6.07, 6.45) is 6.45. The van der Waals surface area contributed by atoms with E-state index in [0.29, 0.717) is 12.1 Å². The number of carboxylic acids is 1. The molecule has 1 aliphatic rings. The van der Waals surface area contributed by atoms with Crippen LogP contribution in [0.2, 0.25) is 0 Å². The van der Waals surface area contributed by atoms with Gasteiger partial charge in [-0.3, -0.25) is 24.5 Å². The zero-order valence-corrected chi connectivity index (χ0v) is 13.5. The number of carbonyl (C=O) groups excluding carboxylic acids is 1. The van der Waals surface area contributed by atoms with Gasteiger partial charge in [-0.1, -0.05) is 6.92 Å². The summed E-state index contributed by atoms with van der Waals surface area (Å²) in [6, 6.07) is 3.76. The fourth-order valence-corrected chi connectivity index (χ4v) is 3.13.